The van der Waals surface area contributed by atoms with Crippen molar-refractivity contribution in [1.29, 1.82) is 0 Å². The Balaban J connectivity index is 1.44. The van der Waals surface area contributed by atoms with Gasteiger partial charge in [0.2, 0.25) is 0 Å². The summed E-state index contributed by atoms with van der Waals surface area (Å²) in [7, 11) is 1.97. The van der Waals surface area contributed by atoms with Crippen molar-refractivity contribution in [3.05, 3.63) is 77.4 Å². The van der Waals surface area contributed by atoms with E-state index in [0.717, 1.165) is 25.3 Å². The molecule has 0 saturated heterocycles. The first-order valence-electron chi connectivity index (χ1n) is 8.91. The van der Waals surface area contributed by atoms with E-state index in [1.165, 1.54) is 16.8 Å². The minimum absolute atomic E-state index is 0.268. The van der Waals surface area contributed by atoms with Crippen LogP contribution in [-0.2, 0) is 31.5 Å². The van der Waals surface area contributed by atoms with E-state index in [1.54, 1.807) is 0 Å². The highest BCUT2D eigenvalue weighted by Gasteiger charge is 2.30. The third-order valence-corrected chi connectivity index (χ3v) is 4.77. The monoisotopic (exact) mass is 349 g/mol. The average Bonchev–Trinajstić information content (AvgIpc) is 3.04. The first-order valence-corrected chi connectivity index (χ1v) is 8.91. The summed E-state index contributed by atoms with van der Waals surface area (Å²) >= 11 is 0. The fourth-order valence-corrected chi connectivity index (χ4v) is 3.59. The van der Waals surface area contributed by atoms with Crippen LogP contribution in [0.3, 0.4) is 0 Å². The van der Waals surface area contributed by atoms with Crippen LogP contribution in [0.4, 0.5) is 0 Å². The second kappa shape index (κ2) is 7.76. The zero-order valence-electron chi connectivity index (χ0n) is 15.0. The highest BCUT2D eigenvalue weighted by atomic mass is 16.5. The van der Waals surface area contributed by atoms with Gasteiger partial charge in [-0.15, -0.1) is 5.10 Å². The molecule has 1 atom stereocenters. The van der Waals surface area contributed by atoms with E-state index in [2.05, 4.69) is 44.5 Å². The van der Waals surface area contributed by atoms with Gasteiger partial charge in [-0.1, -0.05) is 35.5 Å². The van der Waals surface area contributed by atoms with Gasteiger partial charge in [0, 0.05) is 45.0 Å². The number of hydrogen-bond donors (Lipinski definition) is 0. The van der Waals surface area contributed by atoms with Gasteiger partial charge in [-0.2, -0.15) is 0 Å². The van der Waals surface area contributed by atoms with E-state index < -0.39 is 0 Å². The summed E-state index contributed by atoms with van der Waals surface area (Å²) < 4.78 is 7.93. The van der Waals surface area contributed by atoms with E-state index >= 15 is 0 Å². The molecule has 0 N–H and O–H groups in total. The summed E-state index contributed by atoms with van der Waals surface area (Å²) in [5.41, 5.74) is 4.71. The van der Waals surface area contributed by atoms with Crippen molar-refractivity contribution < 1.29 is 4.74 Å². The van der Waals surface area contributed by atoms with Crippen LogP contribution in [0.5, 0.6) is 0 Å². The lowest BCUT2D eigenvalue weighted by atomic mass is 9.98. The maximum atomic E-state index is 6.03. The fraction of sp³-hybridized carbons (Fsp3) is 0.350. The topological polar surface area (TPSA) is 56.1 Å². The second-order valence-corrected chi connectivity index (χ2v) is 6.77. The van der Waals surface area contributed by atoms with Gasteiger partial charge < -0.3 is 4.74 Å². The molecule has 0 fully saturated rings. The number of aryl methyl sites for hydroxylation is 1. The van der Waals surface area contributed by atoms with E-state index in [9.17, 15) is 0 Å². The molecule has 1 aliphatic rings. The van der Waals surface area contributed by atoms with Crippen LogP contribution < -0.4 is 0 Å². The summed E-state index contributed by atoms with van der Waals surface area (Å²) in [5.74, 6) is 0.268. The van der Waals surface area contributed by atoms with Crippen molar-refractivity contribution >= 4 is 0 Å². The molecule has 3 aromatic rings. The van der Waals surface area contributed by atoms with Crippen molar-refractivity contribution in [2.45, 2.75) is 25.6 Å². The van der Waals surface area contributed by atoms with Gasteiger partial charge in [0.1, 0.15) is 5.69 Å². The molecule has 4 rings (SSSR count). The minimum Gasteiger partial charge on any atom is -0.376 e. The van der Waals surface area contributed by atoms with Gasteiger partial charge in [-0.05, 0) is 23.3 Å². The van der Waals surface area contributed by atoms with Gasteiger partial charge in [-0.3, -0.25) is 14.6 Å². The molecule has 0 unspecified atom stereocenters. The summed E-state index contributed by atoms with van der Waals surface area (Å²) in [4.78, 5) is 6.50. The first-order chi connectivity index (χ1) is 12.8. The largest absolute Gasteiger partial charge is 0.376 e. The lowest BCUT2D eigenvalue weighted by molar-refractivity contribution is 0.0829. The third kappa shape index (κ3) is 3.81. The van der Waals surface area contributed by atoms with Crippen molar-refractivity contribution in [3.8, 4) is 0 Å². The SMILES string of the molecule is Cn1nnc2c1[C@@H](COCc1ccccc1)CN(Cc1ccncc1)C2. The predicted octanol–water partition coefficient (Wildman–Crippen LogP) is 2.53. The van der Waals surface area contributed by atoms with Crippen LogP contribution in [-0.4, -0.2) is 38.0 Å². The molecule has 1 aliphatic heterocycles. The van der Waals surface area contributed by atoms with Crippen LogP contribution >= 0.6 is 0 Å². The lowest BCUT2D eigenvalue weighted by Gasteiger charge is -2.32. The summed E-state index contributed by atoms with van der Waals surface area (Å²) in [6.07, 6.45) is 3.68. The molecule has 0 aliphatic carbocycles. The van der Waals surface area contributed by atoms with E-state index in [4.69, 9.17) is 4.74 Å². The second-order valence-electron chi connectivity index (χ2n) is 6.77. The molecule has 0 radical (unpaired) electrons. The summed E-state index contributed by atoms with van der Waals surface area (Å²) in [5, 5.41) is 8.60. The van der Waals surface area contributed by atoms with Crippen LogP contribution in [0, 0.1) is 0 Å². The molecule has 3 heterocycles. The highest BCUT2D eigenvalue weighted by molar-refractivity contribution is 5.21. The number of rotatable bonds is 6. The molecular weight excluding hydrogens is 326 g/mol. The maximum Gasteiger partial charge on any atom is 0.100 e. The molecule has 26 heavy (non-hydrogen) atoms. The van der Waals surface area contributed by atoms with Crippen molar-refractivity contribution in [1.82, 2.24) is 24.9 Å². The minimum atomic E-state index is 0.268. The quantitative estimate of drug-likeness (QED) is 0.684. The Hall–Kier alpha value is -2.57. The van der Waals surface area contributed by atoms with Crippen LogP contribution in [0.15, 0.2) is 54.9 Å². The molecule has 6 nitrogen and oxygen atoms in total. The molecule has 2 aromatic heterocycles. The normalized spacial score (nSPS) is 17.2. The Morgan fingerprint density at radius 2 is 1.88 bits per heavy atom. The van der Waals surface area contributed by atoms with Crippen molar-refractivity contribution in [2.75, 3.05) is 13.2 Å². The number of nitrogens with zero attached hydrogens (tertiary/aromatic N) is 5. The number of pyridine rings is 1. The molecule has 1 aromatic carbocycles. The number of benzene rings is 1. The Bertz CT molecular complexity index is 834. The van der Waals surface area contributed by atoms with Crippen LogP contribution in [0.25, 0.3) is 0 Å². The Morgan fingerprint density at radius 3 is 2.69 bits per heavy atom. The Labute approximate surface area is 153 Å². The zero-order valence-corrected chi connectivity index (χ0v) is 15.0. The van der Waals surface area contributed by atoms with Gasteiger partial charge in [-0.25, -0.2) is 0 Å². The summed E-state index contributed by atoms with van der Waals surface area (Å²) in [6.45, 7) is 3.93. The number of aromatic nitrogens is 4. The number of ether oxygens (including phenoxy) is 1. The zero-order chi connectivity index (χ0) is 17.8. The molecule has 0 spiro atoms. The van der Waals surface area contributed by atoms with Gasteiger partial charge in [0.25, 0.3) is 0 Å². The molecule has 0 saturated carbocycles. The number of fused-ring (bicyclic) bond motifs is 1. The summed E-state index contributed by atoms with van der Waals surface area (Å²) in [6, 6.07) is 14.4. The first kappa shape index (κ1) is 16.9. The Morgan fingerprint density at radius 1 is 1.08 bits per heavy atom. The number of hydrogen-bond acceptors (Lipinski definition) is 5. The van der Waals surface area contributed by atoms with E-state index in [1.807, 2.05) is 42.3 Å². The average molecular weight is 349 g/mol. The predicted molar refractivity (Wildman–Crippen MR) is 98.2 cm³/mol. The van der Waals surface area contributed by atoms with Gasteiger partial charge in [0.15, 0.2) is 0 Å². The molecular formula is C20H23N5O. The highest BCUT2D eigenvalue weighted by Crippen LogP contribution is 2.28. The van der Waals surface area contributed by atoms with E-state index in [-0.39, 0.29) is 5.92 Å². The fourth-order valence-electron chi connectivity index (χ4n) is 3.59. The van der Waals surface area contributed by atoms with E-state index in [0.29, 0.717) is 13.2 Å². The third-order valence-electron chi connectivity index (χ3n) is 4.77. The molecule has 134 valence electrons. The van der Waals surface area contributed by atoms with Gasteiger partial charge in [0.05, 0.1) is 18.9 Å². The maximum absolute atomic E-state index is 6.03. The van der Waals surface area contributed by atoms with Crippen LogP contribution in [0.2, 0.25) is 0 Å². The molecule has 0 amide bonds. The van der Waals surface area contributed by atoms with Crippen molar-refractivity contribution in [2.24, 2.45) is 7.05 Å². The smallest absolute Gasteiger partial charge is 0.100 e. The molecule has 0 bridgehead atoms. The standard InChI is InChI=1S/C20H23N5O/c1-24-20-18(15-26-14-17-5-3-2-4-6-17)12-25(13-19(20)22-23-24)11-16-7-9-21-10-8-16/h2-10,18H,11-15H2,1H3/t18-/m1/s1. The molecule has 6 heteroatoms. The van der Waals surface area contributed by atoms with Gasteiger partial charge >= 0.3 is 0 Å². The van der Waals surface area contributed by atoms with Crippen LogP contribution in [0.1, 0.15) is 28.4 Å². The Kier molecular flexibility index (Phi) is 5.04. The lowest BCUT2D eigenvalue weighted by Crippen LogP contribution is -2.36. The van der Waals surface area contributed by atoms with Crippen molar-refractivity contribution in [3.63, 3.8) is 0 Å².